The van der Waals surface area contributed by atoms with Crippen molar-refractivity contribution >= 4 is 17.6 Å². The van der Waals surface area contributed by atoms with E-state index in [-0.39, 0.29) is 5.69 Å². The third kappa shape index (κ3) is 2.21. The molecule has 0 atom stereocenters. The van der Waals surface area contributed by atoms with Crippen LogP contribution in [0.2, 0.25) is 5.02 Å². The van der Waals surface area contributed by atoms with Crippen molar-refractivity contribution < 1.29 is 14.6 Å². The molecule has 0 bridgehead atoms. The standard InChI is InChI=1S/C10H8ClN3O3/c1-17-9-3-2-6(11)4-8(9)14-12-5-7(13-14)10(15)16/h2-5H,1H3,(H,15,16). The number of benzene rings is 1. The Labute approximate surface area is 101 Å². The fourth-order valence-electron chi connectivity index (χ4n) is 1.30. The van der Waals surface area contributed by atoms with Crippen LogP contribution in [0.3, 0.4) is 0 Å². The van der Waals surface area contributed by atoms with Crippen LogP contribution in [0.25, 0.3) is 5.69 Å². The molecule has 0 aliphatic heterocycles. The van der Waals surface area contributed by atoms with E-state index in [2.05, 4.69) is 10.2 Å². The second-order valence-electron chi connectivity index (χ2n) is 3.14. The zero-order valence-electron chi connectivity index (χ0n) is 8.79. The quantitative estimate of drug-likeness (QED) is 0.900. The van der Waals surface area contributed by atoms with E-state index in [4.69, 9.17) is 21.4 Å². The first-order valence-corrected chi connectivity index (χ1v) is 4.99. The molecule has 17 heavy (non-hydrogen) atoms. The van der Waals surface area contributed by atoms with Gasteiger partial charge in [-0.3, -0.25) is 0 Å². The molecule has 2 rings (SSSR count). The summed E-state index contributed by atoms with van der Waals surface area (Å²) in [5.74, 6) is -0.640. The largest absolute Gasteiger partial charge is 0.494 e. The molecule has 2 aromatic rings. The van der Waals surface area contributed by atoms with Crippen LogP contribution in [0.15, 0.2) is 24.4 Å². The maximum atomic E-state index is 10.7. The molecule has 1 aromatic heterocycles. The topological polar surface area (TPSA) is 77.2 Å². The number of carboxylic acids is 1. The Balaban J connectivity index is 2.51. The molecule has 0 radical (unpaired) electrons. The van der Waals surface area contributed by atoms with Crippen LogP contribution in [0.1, 0.15) is 10.5 Å². The molecule has 0 fully saturated rings. The second kappa shape index (κ2) is 4.42. The normalized spacial score (nSPS) is 10.2. The summed E-state index contributed by atoms with van der Waals surface area (Å²) in [7, 11) is 1.49. The molecule has 1 aromatic carbocycles. The lowest BCUT2D eigenvalue weighted by molar-refractivity contribution is 0.0690. The minimum absolute atomic E-state index is 0.146. The molecule has 1 N–H and O–H groups in total. The van der Waals surface area contributed by atoms with Crippen LogP contribution in [0, 0.1) is 0 Å². The fraction of sp³-hybridized carbons (Fsp3) is 0.100. The van der Waals surface area contributed by atoms with Crippen molar-refractivity contribution in [1.29, 1.82) is 0 Å². The number of methoxy groups -OCH3 is 1. The van der Waals surface area contributed by atoms with Crippen molar-refractivity contribution in [2.75, 3.05) is 7.11 Å². The summed E-state index contributed by atoms with van der Waals surface area (Å²) in [4.78, 5) is 11.9. The van der Waals surface area contributed by atoms with Crippen LogP contribution < -0.4 is 4.74 Å². The van der Waals surface area contributed by atoms with Gasteiger partial charge in [-0.15, -0.1) is 9.90 Å². The molecule has 0 aliphatic carbocycles. The average Bonchev–Trinajstić information content (AvgIpc) is 2.78. The lowest BCUT2D eigenvalue weighted by atomic mass is 10.3. The lowest BCUT2D eigenvalue weighted by Crippen LogP contribution is -2.04. The molecule has 6 nitrogen and oxygen atoms in total. The van der Waals surface area contributed by atoms with Crippen molar-refractivity contribution in [1.82, 2.24) is 15.0 Å². The Kier molecular flexibility index (Phi) is 2.97. The number of nitrogens with zero attached hydrogens (tertiary/aromatic N) is 3. The van der Waals surface area contributed by atoms with Gasteiger partial charge in [0.2, 0.25) is 0 Å². The van der Waals surface area contributed by atoms with Crippen molar-refractivity contribution in [2.24, 2.45) is 0 Å². The molecule has 0 spiro atoms. The second-order valence-corrected chi connectivity index (χ2v) is 3.58. The third-order valence-electron chi connectivity index (χ3n) is 2.07. The molecule has 0 amide bonds. The van der Waals surface area contributed by atoms with E-state index in [0.29, 0.717) is 16.5 Å². The number of carbonyl (C=O) groups is 1. The summed E-state index contributed by atoms with van der Waals surface area (Å²) < 4.78 is 5.12. The van der Waals surface area contributed by atoms with E-state index in [1.807, 2.05) is 0 Å². The third-order valence-corrected chi connectivity index (χ3v) is 2.30. The zero-order chi connectivity index (χ0) is 12.4. The first-order chi connectivity index (χ1) is 8.11. The molecule has 1 heterocycles. The summed E-state index contributed by atoms with van der Waals surface area (Å²) in [6.45, 7) is 0. The number of halogens is 1. The van der Waals surface area contributed by atoms with Gasteiger partial charge in [0.05, 0.1) is 13.3 Å². The van der Waals surface area contributed by atoms with Gasteiger partial charge in [-0.1, -0.05) is 11.6 Å². The number of hydrogen-bond donors (Lipinski definition) is 1. The van der Waals surface area contributed by atoms with Crippen LogP contribution in [0.4, 0.5) is 0 Å². The van der Waals surface area contributed by atoms with E-state index in [1.54, 1.807) is 18.2 Å². The number of aromatic carboxylic acids is 1. The van der Waals surface area contributed by atoms with Gasteiger partial charge in [0.25, 0.3) is 0 Å². The number of rotatable bonds is 3. The minimum atomic E-state index is -1.14. The summed E-state index contributed by atoms with van der Waals surface area (Å²) >= 11 is 5.85. The summed E-state index contributed by atoms with van der Waals surface area (Å²) in [6, 6.07) is 4.90. The summed E-state index contributed by atoms with van der Waals surface area (Å²) in [5, 5.41) is 16.9. The van der Waals surface area contributed by atoms with E-state index in [0.717, 1.165) is 11.0 Å². The Morgan fingerprint density at radius 2 is 2.29 bits per heavy atom. The SMILES string of the molecule is COc1ccc(Cl)cc1-n1ncc(C(=O)O)n1. The van der Waals surface area contributed by atoms with Crippen LogP contribution >= 0.6 is 11.6 Å². The van der Waals surface area contributed by atoms with Crippen molar-refractivity contribution in [2.45, 2.75) is 0 Å². The number of carboxylic acid groups (broad SMARTS) is 1. The molecule has 0 unspecified atom stereocenters. The van der Waals surface area contributed by atoms with Gasteiger partial charge >= 0.3 is 5.97 Å². The van der Waals surface area contributed by atoms with Gasteiger partial charge in [0.15, 0.2) is 5.69 Å². The van der Waals surface area contributed by atoms with E-state index in [9.17, 15) is 4.79 Å². The Bertz CT molecular complexity index is 568. The summed E-state index contributed by atoms with van der Waals surface area (Å²) in [6.07, 6.45) is 1.16. The first-order valence-electron chi connectivity index (χ1n) is 4.61. The van der Waals surface area contributed by atoms with Gasteiger partial charge in [-0.25, -0.2) is 4.79 Å². The molecule has 0 aliphatic rings. The van der Waals surface area contributed by atoms with Crippen LogP contribution in [-0.4, -0.2) is 33.2 Å². The Morgan fingerprint density at radius 1 is 1.53 bits per heavy atom. The highest BCUT2D eigenvalue weighted by molar-refractivity contribution is 6.30. The van der Waals surface area contributed by atoms with Gasteiger partial charge in [0.1, 0.15) is 11.4 Å². The van der Waals surface area contributed by atoms with Gasteiger partial charge in [0, 0.05) is 5.02 Å². The van der Waals surface area contributed by atoms with Crippen LogP contribution in [-0.2, 0) is 0 Å². The Morgan fingerprint density at radius 3 is 2.88 bits per heavy atom. The molecule has 88 valence electrons. The van der Waals surface area contributed by atoms with Crippen molar-refractivity contribution in [3.05, 3.63) is 35.1 Å². The minimum Gasteiger partial charge on any atom is -0.494 e. The smallest absolute Gasteiger partial charge is 0.358 e. The highest BCUT2D eigenvalue weighted by atomic mass is 35.5. The number of hydrogen-bond acceptors (Lipinski definition) is 4. The highest BCUT2D eigenvalue weighted by Crippen LogP contribution is 2.25. The average molecular weight is 254 g/mol. The van der Waals surface area contributed by atoms with Crippen molar-refractivity contribution in [3.63, 3.8) is 0 Å². The van der Waals surface area contributed by atoms with Gasteiger partial charge < -0.3 is 9.84 Å². The first kappa shape index (κ1) is 11.4. The molecular formula is C10H8ClN3O3. The maximum Gasteiger partial charge on any atom is 0.358 e. The van der Waals surface area contributed by atoms with Crippen LogP contribution in [0.5, 0.6) is 5.75 Å². The molecule has 0 saturated carbocycles. The Hall–Kier alpha value is -2.08. The number of aromatic nitrogens is 3. The van der Waals surface area contributed by atoms with Gasteiger partial charge in [-0.2, -0.15) is 5.10 Å². The molecular weight excluding hydrogens is 246 g/mol. The highest BCUT2D eigenvalue weighted by Gasteiger charge is 2.12. The number of ether oxygens (including phenoxy) is 1. The lowest BCUT2D eigenvalue weighted by Gasteiger charge is -2.06. The zero-order valence-corrected chi connectivity index (χ0v) is 9.55. The predicted molar refractivity (Wildman–Crippen MR) is 59.9 cm³/mol. The fourth-order valence-corrected chi connectivity index (χ4v) is 1.46. The monoisotopic (exact) mass is 253 g/mol. The molecule has 7 heteroatoms. The summed E-state index contributed by atoms with van der Waals surface area (Å²) in [5.41, 5.74) is 0.333. The van der Waals surface area contributed by atoms with E-state index in [1.165, 1.54) is 7.11 Å². The maximum absolute atomic E-state index is 10.7. The molecule has 0 saturated heterocycles. The van der Waals surface area contributed by atoms with E-state index < -0.39 is 5.97 Å². The predicted octanol–water partition coefficient (Wildman–Crippen LogP) is 1.63. The van der Waals surface area contributed by atoms with Gasteiger partial charge in [-0.05, 0) is 18.2 Å². The van der Waals surface area contributed by atoms with Crippen molar-refractivity contribution in [3.8, 4) is 11.4 Å². The van der Waals surface area contributed by atoms with E-state index >= 15 is 0 Å².